The van der Waals surface area contributed by atoms with Gasteiger partial charge in [0.25, 0.3) is 11.8 Å². The molecule has 1 aliphatic heterocycles. The molecule has 3 rings (SSSR count). The quantitative estimate of drug-likeness (QED) is 0.609. The molecule has 1 N–H and O–H groups in total. The standard InChI is InChI=1S/C19H18N2O5S/c1-3-25-12-7-8-16(26-4-2)15(10-12)21-18(23)14(17(22)20-19(21)24)11-13-6-5-9-27-13/h5-11H,3-4H2,1-2H3,(H,20,22,24)/b14-11-. The topological polar surface area (TPSA) is 84.9 Å². The minimum atomic E-state index is -0.831. The van der Waals surface area contributed by atoms with E-state index in [0.717, 1.165) is 9.78 Å². The lowest BCUT2D eigenvalue weighted by molar-refractivity contribution is -0.122. The highest BCUT2D eigenvalue weighted by Gasteiger charge is 2.38. The number of amides is 4. The van der Waals surface area contributed by atoms with Gasteiger partial charge in [0.05, 0.1) is 18.9 Å². The van der Waals surface area contributed by atoms with E-state index in [1.54, 1.807) is 31.2 Å². The zero-order chi connectivity index (χ0) is 19.4. The van der Waals surface area contributed by atoms with Crippen LogP contribution >= 0.6 is 11.3 Å². The van der Waals surface area contributed by atoms with Crippen molar-refractivity contribution in [2.45, 2.75) is 13.8 Å². The number of hydrogen-bond acceptors (Lipinski definition) is 6. The van der Waals surface area contributed by atoms with Gasteiger partial charge in [0, 0.05) is 10.9 Å². The van der Waals surface area contributed by atoms with Crippen LogP contribution in [0.4, 0.5) is 10.5 Å². The van der Waals surface area contributed by atoms with Gasteiger partial charge in [-0.25, -0.2) is 9.69 Å². The maximum Gasteiger partial charge on any atom is 0.336 e. The van der Waals surface area contributed by atoms with Crippen molar-refractivity contribution in [3.05, 3.63) is 46.2 Å². The molecule has 0 saturated carbocycles. The summed E-state index contributed by atoms with van der Waals surface area (Å²) in [6.45, 7) is 4.40. The Balaban J connectivity index is 2.06. The number of ether oxygens (including phenoxy) is 2. The highest BCUT2D eigenvalue weighted by atomic mass is 32.1. The zero-order valence-corrected chi connectivity index (χ0v) is 15.7. The van der Waals surface area contributed by atoms with Crippen LogP contribution in [-0.2, 0) is 9.59 Å². The number of carbonyl (C=O) groups excluding carboxylic acids is 3. The second-order valence-electron chi connectivity index (χ2n) is 5.47. The Hall–Kier alpha value is -3.13. The molecular formula is C19H18N2O5S. The third kappa shape index (κ3) is 3.85. The van der Waals surface area contributed by atoms with Crippen LogP contribution in [0.25, 0.3) is 6.08 Å². The first-order valence-corrected chi connectivity index (χ1v) is 9.27. The van der Waals surface area contributed by atoms with Gasteiger partial charge in [-0.2, -0.15) is 0 Å². The van der Waals surface area contributed by atoms with E-state index in [0.29, 0.717) is 24.7 Å². The third-order valence-electron chi connectivity index (χ3n) is 3.71. The minimum Gasteiger partial charge on any atom is -0.494 e. The molecule has 1 aromatic heterocycles. The zero-order valence-electron chi connectivity index (χ0n) is 14.9. The number of rotatable bonds is 6. The van der Waals surface area contributed by atoms with Crippen molar-refractivity contribution in [1.82, 2.24) is 5.32 Å². The van der Waals surface area contributed by atoms with Gasteiger partial charge < -0.3 is 9.47 Å². The maximum absolute atomic E-state index is 13.0. The van der Waals surface area contributed by atoms with Crippen LogP contribution < -0.4 is 19.7 Å². The van der Waals surface area contributed by atoms with E-state index >= 15 is 0 Å². The monoisotopic (exact) mass is 386 g/mol. The highest BCUT2D eigenvalue weighted by molar-refractivity contribution is 7.10. The van der Waals surface area contributed by atoms with Crippen molar-refractivity contribution in [1.29, 1.82) is 0 Å². The Morgan fingerprint density at radius 3 is 2.56 bits per heavy atom. The van der Waals surface area contributed by atoms with Gasteiger partial charge in [-0.15, -0.1) is 11.3 Å². The number of nitrogens with zero attached hydrogens (tertiary/aromatic N) is 1. The maximum atomic E-state index is 13.0. The van der Waals surface area contributed by atoms with Gasteiger partial charge in [-0.3, -0.25) is 14.9 Å². The number of carbonyl (C=O) groups is 3. The first kappa shape index (κ1) is 18.7. The Labute approximate surface area is 160 Å². The molecule has 4 amide bonds. The molecule has 1 aliphatic rings. The number of hydrogen-bond donors (Lipinski definition) is 1. The average molecular weight is 386 g/mol. The molecule has 2 aromatic rings. The number of imide groups is 2. The number of anilines is 1. The smallest absolute Gasteiger partial charge is 0.336 e. The fraction of sp³-hybridized carbons (Fsp3) is 0.211. The SMILES string of the molecule is CCOc1ccc(OCC)c(N2C(=O)NC(=O)/C(=C/c3cccs3)C2=O)c1. The molecule has 27 heavy (non-hydrogen) atoms. The molecule has 0 radical (unpaired) electrons. The fourth-order valence-corrected chi connectivity index (χ4v) is 3.26. The van der Waals surface area contributed by atoms with Crippen LogP contribution in [0, 0.1) is 0 Å². The molecule has 1 saturated heterocycles. The van der Waals surface area contributed by atoms with E-state index in [4.69, 9.17) is 9.47 Å². The normalized spacial score (nSPS) is 15.9. The van der Waals surface area contributed by atoms with Gasteiger partial charge in [-0.1, -0.05) is 6.07 Å². The van der Waals surface area contributed by atoms with Crippen LogP contribution in [0.5, 0.6) is 11.5 Å². The average Bonchev–Trinajstić information content (AvgIpc) is 3.14. The molecule has 7 nitrogen and oxygen atoms in total. The van der Waals surface area contributed by atoms with Crippen LogP contribution in [-0.4, -0.2) is 31.1 Å². The van der Waals surface area contributed by atoms with Gasteiger partial charge in [0.2, 0.25) is 0 Å². The van der Waals surface area contributed by atoms with Gasteiger partial charge >= 0.3 is 6.03 Å². The van der Waals surface area contributed by atoms with Crippen molar-refractivity contribution in [2.75, 3.05) is 18.1 Å². The lowest BCUT2D eigenvalue weighted by Crippen LogP contribution is -2.54. The van der Waals surface area contributed by atoms with Crippen molar-refractivity contribution >= 4 is 40.9 Å². The lowest BCUT2D eigenvalue weighted by atomic mass is 10.1. The summed E-state index contributed by atoms with van der Waals surface area (Å²) < 4.78 is 11.0. The molecule has 0 spiro atoms. The van der Waals surface area contributed by atoms with E-state index in [-0.39, 0.29) is 11.3 Å². The van der Waals surface area contributed by atoms with Crippen LogP contribution in [0.3, 0.4) is 0 Å². The molecule has 8 heteroatoms. The van der Waals surface area contributed by atoms with Crippen LogP contribution in [0.2, 0.25) is 0 Å². The molecule has 0 unspecified atom stereocenters. The Bertz CT molecular complexity index is 905. The van der Waals surface area contributed by atoms with E-state index in [9.17, 15) is 14.4 Å². The van der Waals surface area contributed by atoms with E-state index in [1.807, 2.05) is 18.4 Å². The minimum absolute atomic E-state index is 0.124. The largest absolute Gasteiger partial charge is 0.494 e. The Morgan fingerprint density at radius 1 is 1.11 bits per heavy atom. The predicted molar refractivity (Wildman–Crippen MR) is 102 cm³/mol. The molecule has 140 valence electrons. The van der Waals surface area contributed by atoms with E-state index in [1.165, 1.54) is 17.4 Å². The van der Waals surface area contributed by atoms with Crippen molar-refractivity contribution in [3.8, 4) is 11.5 Å². The predicted octanol–water partition coefficient (Wildman–Crippen LogP) is 3.21. The van der Waals surface area contributed by atoms with Gasteiger partial charge in [0.15, 0.2) is 0 Å². The second kappa shape index (κ2) is 8.05. The van der Waals surface area contributed by atoms with Crippen LogP contribution in [0.1, 0.15) is 18.7 Å². The third-order valence-corrected chi connectivity index (χ3v) is 4.53. The first-order chi connectivity index (χ1) is 13.0. The Kier molecular flexibility index (Phi) is 5.56. The summed E-state index contributed by atoms with van der Waals surface area (Å²) in [5.74, 6) is -0.619. The summed E-state index contributed by atoms with van der Waals surface area (Å²) in [5.41, 5.74) is 0.0937. The van der Waals surface area contributed by atoms with Crippen LogP contribution in [0.15, 0.2) is 41.3 Å². The van der Waals surface area contributed by atoms with Crippen molar-refractivity contribution in [2.24, 2.45) is 0 Å². The fourth-order valence-electron chi connectivity index (χ4n) is 2.60. The second-order valence-corrected chi connectivity index (χ2v) is 6.45. The Morgan fingerprint density at radius 2 is 1.89 bits per heavy atom. The summed E-state index contributed by atoms with van der Waals surface area (Å²) in [6.07, 6.45) is 1.47. The van der Waals surface area contributed by atoms with E-state index in [2.05, 4.69) is 5.32 Å². The number of nitrogens with one attached hydrogen (secondary N) is 1. The molecule has 0 aliphatic carbocycles. The number of urea groups is 1. The van der Waals surface area contributed by atoms with Gasteiger partial charge in [0.1, 0.15) is 17.1 Å². The van der Waals surface area contributed by atoms with Gasteiger partial charge in [-0.05, 0) is 43.5 Å². The van der Waals surface area contributed by atoms with Crippen molar-refractivity contribution in [3.63, 3.8) is 0 Å². The number of barbiturate groups is 1. The lowest BCUT2D eigenvalue weighted by Gasteiger charge is -2.28. The number of benzene rings is 1. The number of thiophene rings is 1. The van der Waals surface area contributed by atoms with E-state index < -0.39 is 17.8 Å². The summed E-state index contributed by atoms with van der Waals surface area (Å²) in [6, 6.07) is 7.62. The molecule has 0 atom stereocenters. The summed E-state index contributed by atoms with van der Waals surface area (Å²) in [5, 5.41) is 4.04. The van der Waals surface area contributed by atoms with Crippen molar-refractivity contribution < 1.29 is 23.9 Å². The molecule has 1 aromatic carbocycles. The summed E-state index contributed by atoms with van der Waals surface area (Å²) in [4.78, 5) is 39.3. The summed E-state index contributed by atoms with van der Waals surface area (Å²) >= 11 is 1.38. The molecular weight excluding hydrogens is 368 g/mol. The molecule has 0 bridgehead atoms. The highest BCUT2D eigenvalue weighted by Crippen LogP contribution is 2.35. The molecule has 2 heterocycles. The first-order valence-electron chi connectivity index (χ1n) is 8.39. The summed E-state index contributed by atoms with van der Waals surface area (Å²) in [7, 11) is 0. The molecule has 1 fully saturated rings.